The molecule has 0 aliphatic heterocycles. The Kier molecular flexibility index (Phi) is 3.09. The maximum Gasteiger partial charge on any atom is 0.235 e. The molecule has 0 aromatic heterocycles. The molecule has 4 bridgehead atoms. The van der Waals surface area contributed by atoms with Gasteiger partial charge in [0, 0.05) is 19.0 Å². The fraction of sp³-hybridized carbons (Fsp3) is 0.923. The second-order valence-corrected chi connectivity index (χ2v) is 6.23. The van der Waals surface area contributed by atoms with E-state index in [9.17, 15) is 4.79 Å². The number of amides is 1. The number of hydrazine groups is 1. The van der Waals surface area contributed by atoms with E-state index in [2.05, 4.69) is 10.7 Å². The third-order valence-electron chi connectivity index (χ3n) is 5.12. The fourth-order valence-corrected chi connectivity index (χ4v) is 4.68. The van der Waals surface area contributed by atoms with E-state index in [-0.39, 0.29) is 5.91 Å². The summed E-state index contributed by atoms with van der Waals surface area (Å²) >= 11 is 0. The van der Waals surface area contributed by atoms with Crippen LogP contribution in [0.15, 0.2) is 0 Å². The average Bonchev–Trinajstić information content (AvgIpc) is 2.31. The molecule has 0 saturated heterocycles. The van der Waals surface area contributed by atoms with Crippen molar-refractivity contribution in [1.29, 1.82) is 0 Å². The fourth-order valence-electron chi connectivity index (χ4n) is 4.68. The number of nitrogens with one attached hydrogen (secondary N) is 2. The highest BCUT2D eigenvalue weighted by Crippen LogP contribution is 2.53. The van der Waals surface area contributed by atoms with Gasteiger partial charge in [0.2, 0.25) is 5.91 Å². The van der Waals surface area contributed by atoms with Crippen LogP contribution in [0.2, 0.25) is 0 Å². The van der Waals surface area contributed by atoms with Gasteiger partial charge in [-0.2, -0.15) is 0 Å². The van der Waals surface area contributed by atoms with Crippen molar-refractivity contribution in [3.05, 3.63) is 0 Å². The van der Waals surface area contributed by atoms with Gasteiger partial charge in [0.1, 0.15) is 0 Å². The zero-order valence-electron chi connectivity index (χ0n) is 10.3. The third kappa shape index (κ3) is 2.20. The van der Waals surface area contributed by atoms with Crippen LogP contribution in [0.3, 0.4) is 0 Å². The molecule has 4 N–H and O–H groups in total. The third-order valence-corrected chi connectivity index (χ3v) is 5.12. The number of hydrogen-bond donors (Lipinski definition) is 3. The summed E-state index contributed by atoms with van der Waals surface area (Å²) in [5.41, 5.74) is 2.19. The normalized spacial score (nSPS) is 42.8. The first-order valence-electron chi connectivity index (χ1n) is 6.99. The Hall–Kier alpha value is -0.610. The van der Waals surface area contributed by atoms with Gasteiger partial charge in [0.25, 0.3) is 0 Å². The van der Waals surface area contributed by atoms with E-state index < -0.39 is 0 Å². The van der Waals surface area contributed by atoms with Crippen LogP contribution in [-0.4, -0.2) is 18.5 Å². The van der Waals surface area contributed by atoms with Crippen LogP contribution in [0.5, 0.6) is 0 Å². The van der Waals surface area contributed by atoms with E-state index >= 15 is 0 Å². The lowest BCUT2D eigenvalue weighted by Crippen LogP contribution is -2.54. The summed E-state index contributed by atoms with van der Waals surface area (Å²) < 4.78 is 0. The molecule has 4 aliphatic carbocycles. The Morgan fingerprint density at radius 2 is 1.65 bits per heavy atom. The first-order valence-corrected chi connectivity index (χ1v) is 6.99. The van der Waals surface area contributed by atoms with Gasteiger partial charge in [-0.05, 0) is 55.8 Å². The zero-order valence-corrected chi connectivity index (χ0v) is 10.3. The van der Waals surface area contributed by atoms with Gasteiger partial charge in [-0.1, -0.05) is 0 Å². The second-order valence-electron chi connectivity index (χ2n) is 6.23. The minimum absolute atomic E-state index is 0.0682. The average molecular weight is 237 g/mol. The Morgan fingerprint density at radius 1 is 1.06 bits per heavy atom. The lowest BCUT2D eigenvalue weighted by molar-refractivity contribution is -0.121. The van der Waals surface area contributed by atoms with Crippen LogP contribution in [0.25, 0.3) is 0 Å². The molecule has 4 rings (SSSR count). The molecule has 0 aromatic carbocycles. The number of rotatable bonds is 4. The van der Waals surface area contributed by atoms with Gasteiger partial charge in [-0.25, -0.2) is 5.84 Å². The van der Waals surface area contributed by atoms with Gasteiger partial charge < -0.3 is 5.32 Å². The van der Waals surface area contributed by atoms with E-state index in [0.29, 0.717) is 12.5 Å². The van der Waals surface area contributed by atoms with Gasteiger partial charge in [0.15, 0.2) is 0 Å². The molecule has 96 valence electrons. The Bertz CT molecular complexity index is 277. The van der Waals surface area contributed by atoms with Gasteiger partial charge in [-0.3, -0.25) is 10.2 Å². The van der Waals surface area contributed by atoms with E-state index in [1.54, 1.807) is 0 Å². The van der Waals surface area contributed by atoms with Crippen molar-refractivity contribution >= 4 is 5.91 Å². The molecular formula is C13H23N3O. The van der Waals surface area contributed by atoms with Gasteiger partial charge >= 0.3 is 0 Å². The first kappa shape index (κ1) is 11.5. The van der Waals surface area contributed by atoms with Gasteiger partial charge in [-0.15, -0.1) is 0 Å². The van der Waals surface area contributed by atoms with Crippen LogP contribution in [0, 0.1) is 23.7 Å². The molecule has 0 spiro atoms. The van der Waals surface area contributed by atoms with Crippen molar-refractivity contribution in [2.75, 3.05) is 6.54 Å². The summed E-state index contributed by atoms with van der Waals surface area (Å²) in [6.45, 7) is 0.774. The maximum atomic E-state index is 11.1. The molecular weight excluding hydrogens is 214 g/mol. The molecule has 0 heterocycles. The molecule has 0 radical (unpaired) electrons. The van der Waals surface area contributed by atoms with E-state index in [4.69, 9.17) is 5.84 Å². The Morgan fingerprint density at radius 3 is 2.18 bits per heavy atom. The summed E-state index contributed by atoms with van der Waals surface area (Å²) in [4.78, 5) is 11.1. The number of hydrogen-bond acceptors (Lipinski definition) is 3. The van der Waals surface area contributed by atoms with Crippen LogP contribution < -0.4 is 16.6 Å². The standard InChI is InChI=1S/C13H23N3O/c14-16-12(17)1-2-15-13-10-4-8-3-9(6-10)7-11(13)5-8/h8-11,13,15H,1-7,14H2,(H,16,17). The van der Waals surface area contributed by atoms with Crippen molar-refractivity contribution in [3.63, 3.8) is 0 Å². The van der Waals surface area contributed by atoms with Gasteiger partial charge in [0.05, 0.1) is 0 Å². The molecule has 0 atom stereocenters. The van der Waals surface area contributed by atoms with E-state index in [1.165, 1.54) is 32.1 Å². The Labute approximate surface area is 103 Å². The number of carbonyl (C=O) groups excluding carboxylic acids is 1. The topological polar surface area (TPSA) is 67.1 Å². The minimum Gasteiger partial charge on any atom is -0.313 e. The monoisotopic (exact) mass is 237 g/mol. The molecule has 4 saturated carbocycles. The summed E-state index contributed by atoms with van der Waals surface area (Å²) in [5, 5.41) is 3.61. The smallest absolute Gasteiger partial charge is 0.235 e. The Balaban J connectivity index is 1.52. The summed E-state index contributed by atoms with van der Waals surface area (Å²) in [7, 11) is 0. The van der Waals surface area contributed by atoms with E-state index in [1.807, 2.05) is 0 Å². The minimum atomic E-state index is -0.0682. The molecule has 4 heteroatoms. The lowest BCUT2D eigenvalue weighted by atomic mass is 9.54. The largest absolute Gasteiger partial charge is 0.313 e. The van der Waals surface area contributed by atoms with Crippen molar-refractivity contribution in [3.8, 4) is 0 Å². The van der Waals surface area contributed by atoms with Crippen molar-refractivity contribution in [1.82, 2.24) is 10.7 Å². The predicted octanol–water partition coefficient (Wildman–Crippen LogP) is 0.781. The van der Waals surface area contributed by atoms with Crippen molar-refractivity contribution in [2.45, 2.75) is 44.6 Å². The quantitative estimate of drug-likeness (QED) is 0.384. The SMILES string of the molecule is NNC(=O)CCNC1C2CC3CC(C2)CC1C3. The predicted molar refractivity (Wildman–Crippen MR) is 65.8 cm³/mol. The summed E-state index contributed by atoms with van der Waals surface area (Å²) in [6.07, 6.45) is 7.69. The van der Waals surface area contributed by atoms with Crippen LogP contribution in [-0.2, 0) is 4.79 Å². The highest BCUT2D eigenvalue weighted by atomic mass is 16.2. The molecule has 4 aliphatic rings. The molecule has 17 heavy (non-hydrogen) atoms. The number of carbonyl (C=O) groups is 1. The molecule has 4 fully saturated rings. The zero-order chi connectivity index (χ0) is 11.8. The van der Waals surface area contributed by atoms with Crippen LogP contribution in [0.1, 0.15) is 38.5 Å². The van der Waals surface area contributed by atoms with Crippen molar-refractivity contribution < 1.29 is 4.79 Å². The summed E-state index contributed by atoms with van der Waals surface area (Å²) in [5.74, 6) is 8.81. The molecule has 1 amide bonds. The molecule has 0 unspecified atom stereocenters. The maximum absolute atomic E-state index is 11.1. The van der Waals surface area contributed by atoms with Crippen LogP contribution in [0.4, 0.5) is 0 Å². The summed E-state index contributed by atoms with van der Waals surface area (Å²) in [6, 6.07) is 0.674. The number of nitrogens with two attached hydrogens (primary N) is 1. The molecule has 4 nitrogen and oxygen atoms in total. The van der Waals surface area contributed by atoms with Crippen molar-refractivity contribution in [2.24, 2.45) is 29.5 Å². The highest BCUT2D eigenvalue weighted by molar-refractivity contribution is 5.75. The highest BCUT2D eigenvalue weighted by Gasteiger charge is 2.47. The van der Waals surface area contributed by atoms with E-state index in [0.717, 1.165) is 30.2 Å². The lowest BCUT2D eigenvalue weighted by Gasteiger charge is -2.54. The first-order chi connectivity index (χ1) is 8.26. The van der Waals surface area contributed by atoms with Crippen LogP contribution >= 0.6 is 0 Å². The second kappa shape index (κ2) is 4.58. The molecule has 0 aromatic rings.